The van der Waals surface area contributed by atoms with Crippen LogP contribution in [0.25, 0.3) is 0 Å². The second-order valence-electron chi connectivity index (χ2n) is 7.43. The van der Waals surface area contributed by atoms with Crippen molar-refractivity contribution in [2.75, 3.05) is 69.2 Å². The molecule has 1 aromatic carbocycles. The zero-order valence-electron chi connectivity index (χ0n) is 16.4. The molecule has 0 unspecified atom stereocenters. The molecule has 0 radical (unpaired) electrons. The summed E-state index contributed by atoms with van der Waals surface area (Å²) >= 11 is 12.1. The summed E-state index contributed by atoms with van der Waals surface area (Å²) in [5, 5.41) is 0.911. The normalized spacial score (nSPS) is 18.2. The molecule has 0 atom stereocenters. The first-order valence-corrected chi connectivity index (χ1v) is 10.5. The van der Waals surface area contributed by atoms with Gasteiger partial charge in [-0.05, 0) is 25.2 Å². The number of benzene rings is 1. The second kappa shape index (κ2) is 8.73. The second-order valence-corrected chi connectivity index (χ2v) is 8.27. The molecular formula is C20H24Cl2N6O. The van der Waals surface area contributed by atoms with E-state index in [1.165, 1.54) is 0 Å². The minimum atomic E-state index is -0.0628. The molecule has 1 amide bonds. The summed E-state index contributed by atoms with van der Waals surface area (Å²) in [5.41, 5.74) is 0.490. The van der Waals surface area contributed by atoms with Crippen molar-refractivity contribution in [1.29, 1.82) is 0 Å². The molecule has 0 saturated carbocycles. The van der Waals surface area contributed by atoms with Crippen LogP contribution in [0.15, 0.2) is 30.6 Å². The Morgan fingerprint density at radius 1 is 0.862 bits per heavy atom. The monoisotopic (exact) mass is 434 g/mol. The molecule has 2 aliphatic rings. The number of rotatable bonds is 3. The molecule has 2 saturated heterocycles. The Hall–Kier alpha value is -2.09. The summed E-state index contributed by atoms with van der Waals surface area (Å²) in [6.45, 7) is 6.68. The van der Waals surface area contributed by atoms with E-state index in [9.17, 15) is 4.79 Å². The Balaban J connectivity index is 1.39. The summed E-state index contributed by atoms with van der Waals surface area (Å²) in [6.07, 6.45) is 1.63. The number of piperazine rings is 2. The van der Waals surface area contributed by atoms with Gasteiger partial charge >= 0.3 is 0 Å². The number of anilines is 2. The van der Waals surface area contributed by atoms with E-state index in [0.29, 0.717) is 28.7 Å². The lowest BCUT2D eigenvalue weighted by atomic mass is 10.1. The van der Waals surface area contributed by atoms with Crippen molar-refractivity contribution in [1.82, 2.24) is 19.8 Å². The van der Waals surface area contributed by atoms with Gasteiger partial charge < -0.3 is 19.6 Å². The zero-order valence-corrected chi connectivity index (χ0v) is 17.9. The van der Waals surface area contributed by atoms with E-state index in [1.807, 2.05) is 4.90 Å². The molecule has 7 nitrogen and oxygen atoms in total. The zero-order chi connectivity index (χ0) is 20.4. The van der Waals surface area contributed by atoms with E-state index in [2.05, 4.69) is 37.8 Å². The Labute approximate surface area is 180 Å². The van der Waals surface area contributed by atoms with Gasteiger partial charge in [-0.15, -0.1) is 0 Å². The Bertz CT molecular complexity index is 879. The summed E-state index contributed by atoms with van der Waals surface area (Å²) in [5.74, 6) is 1.81. The number of halogens is 2. The van der Waals surface area contributed by atoms with Gasteiger partial charge in [0, 0.05) is 63.4 Å². The van der Waals surface area contributed by atoms with Crippen LogP contribution in [0.4, 0.5) is 11.6 Å². The van der Waals surface area contributed by atoms with Crippen LogP contribution in [0, 0.1) is 0 Å². The highest BCUT2D eigenvalue weighted by Crippen LogP contribution is 2.24. The SMILES string of the molecule is CN1CCN(c2cc(N3CCN(C(=O)c4ccc(Cl)cc4Cl)CC3)ncn2)CC1. The third-order valence-corrected chi connectivity index (χ3v) is 6.07. The van der Waals surface area contributed by atoms with E-state index < -0.39 is 0 Å². The van der Waals surface area contributed by atoms with Crippen molar-refractivity contribution < 1.29 is 4.79 Å². The molecular weight excluding hydrogens is 411 g/mol. The Morgan fingerprint density at radius 2 is 1.45 bits per heavy atom. The summed E-state index contributed by atoms with van der Waals surface area (Å²) in [7, 11) is 2.14. The first-order chi connectivity index (χ1) is 14.0. The molecule has 29 heavy (non-hydrogen) atoms. The minimum absolute atomic E-state index is 0.0628. The van der Waals surface area contributed by atoms with Crippen LogP contribution in [0.1, 0.15) is 10.4 Å². The van der Waals surface area contributed by atoms with Crippen LogP contribution in [-0.2, 0) is 0 Å². The largest absolute Gasteiger partial charge is 0.354 e. The van der Waals surface area contributed by atoms with Gasteiger partial charge in [-0.1, -0.05) is 23.2 Å². The van der Waals surface area contributed by atoms with Gasteiger partial charge in [0.2, 0.25) is 0 Å². The van der Waals surface area contributed by atoms with Crippen LogP contribution in [0.3, 0.4) is 0 Å². The van der Waals surface area contributed by atoms with Gasteiger partial charge in [-0.25, -0.2) is 9.97 Å². The van der Waals surface area contributed by atoms with Gasteiger partial charge in [-0.2, -0.15) is 0 Å². The van der Waals surface area contributed by atoms with Gasteiger partial charge in [0.25, 0.3) is 5.91 Å². The predicted octanol–water partition coefficient (Wildman–Crippen LogP) is 2.50. The number of amides is 1. The fraction of sp³-hybridized carbons (Fsp3) is 0.450. The Kier molecular flexibility index (Phi) is 6.08. The molecule has 0 N–H and O–H groups in total. The molecule has 2 aromatic rings. The molecule has 0 bridgehead atoms. The van der Waals surface area contributed by atoms with E-state index in [0.717, 1.165) is 50.9 Å². The van der Waals surface area contributed by atoms with Crippen molar-refractivity contribution in [3.8, 4) is 0 Å². The Morgan fingerprint density at radius 3 is 2.03 bits per heavy atom. The quantitative estimate of drug-likeness (QED) is 0.739. The summed E-state index contributed by atoms with van der Waals surface area (Å²) in [6, 6.07) is 7.04. The number of hydrogen-bond acceptors (Lipinski definition) is 6. The van der Waals surface area contributed by atoms with E-state index in [4.69, 9.17) is 23.2 Å². The topological polar surface area (TPSA) is 55.8 Å². The lowest BCUT2D eigenvalue weighted by molar-refractivity contribution is 0.0746. The molecule has 2 aliphatic heterocycles. The number of aromatic nitrogens is 2. The number of carbonyl (C=O) groups is 1. The standard InChI is InChI=1S/C20H24Cl2N6O/c1-25-4-6-26(7-5-25)18-13-19(24-14-23-18)27-8-10-28(11-9-27)20(29)16-3-2-15(21)12-17(16)22/h2-3,12-14H,4-11H2,1H3. The number of hydrogen-bond donors (Lipinski definition) is 0. The van der Waals surface area contributed by atoms with Crippen molar-refractivity contribution in [2.24, 2.45) is 0 Å². The highest BCUT2D eigenvalue weighted by atomic mass is 35.5. The first kappa shape index (κ1) is 20.2. The smallest absolute Gasteiger partial charge is 0.255 e. The van der Waals surface area contributed by atoms with Crippen molar-refractivity contribution in [3.05, 3.63) is 46.2 Å². The van der Waals surface area contributed by atoms with Crippen LogP contribution in [-0.4, -0.2) is 85.1 Å². The van der Waals surface area contributed by atoms with Crippen LogP contribution >= 0.6 is 23.2 Å². The number of likely N-dealkylation sites (N-methyl/N-ethyl adjacent to an activating group) is 1. The molecule has 2 fully saturated rings. The highest BCUT2D eigenvalue weighted by molar-refractivity contribution is 6.36. The van der Waals surface area contributed by atoms with Gasteiger partial charge in [0.15, 0.2) is 0 Å². The average molecular weight is 435 g/mol. The molecule has 1 aromatic heterocycles. The maximum absolute atomic E-state index is 12.8. The average Bonchev–Trinajstić information content (AvgIpc) is 2.74. The fourth-order valence-electron chi connectivity index (χ4n) is 3.69. The highest BCUT2D eigenvalue weighted by Gasteiger charge is 2.25. The summed E-state index contributed by atoms with van der Waals surface area (Å²) < 4.78 is 0. The predicted molar refractivity (Wildman–Crippen MR) is 116 cm³/mol. The van der Waals surface area contributed by atoms with Gasteiger partial charge in [0.1, 0.15) is 18.0 Å². The van der Waals surface area contributed by atoms with E-state index in [-0.39, 0.29) is 5.91 Å². The van der Waals surface area contributed by atoms with Gasteiger partial charge in [0.05, 0.1) is 10.6 Å². The number of carbonyl (C=O) groups excluding carboxylic acids is 1. The van der Waals surface area contributed by atoms with E-state index in [1.54, 1.807) is 24.5 Å². The molecule has 0 spiro atoms. The van der Waals surface area contributed by atoms with E-state index >= 15 is 0 Å². The third kappa shape index (κ3) is 4.57. The van der Waals surface area contributed by atoms with Crippen molar-refractivity contribution >= 4 is 40.7 Å². The number of nitrogens with zero attached hydrogens (tertiary/aromatic N) is 6. The lowest BCUT2D eigenvalue weighted by Gasteiger charge is -2.36. The lowest BCUT2D eigenvalue weighted by Crippen LogP contribution is -2.49. The van der Waals surface area contributed by atoms with Crippen LogP contribution in [0.5, 0.6) is 0 Å². The van der Waals surface area contributed by atoms with Crippen LogP contribution in [0.2, 0.25) is 10.0 Å². The van der Waals surface area contributed by atoms with Crippen molar-refractivity contribution in [2.45, 2.75) is 0 Å². The molecule has 154 valence electrons. The third-order valence-electron chi connectivity index (χ3n) is 5.52. The fourth-order valence-corrected chi connectivity index (χ4v) is 4.18. The maximum Gasteiger partial charge on any atom is 0.255 e. The van der Waals surface area contributed by atoms with Gasteiger partial charge in [-0.3, -0.25) is 4.79 Å². The molecule has 4 rings (SSSR count). The first-order valence-electron chi connectivity index (χ1n) is 9.76. The van der Waals surface area contributed by atoms with Crippen molar-refractivity contribution in [3.63, 3.8) is 0 Å². The summed E-state index contributed by atoms with van der Waals surface area (Å²) in [4.78, 5) is 30.4. The van der Waals surface area contributed by atoms with Crippen LogP contribution < -0.4 is 9.80 Å². The molecule has 3 heterocycles. The molecule has 9 heteroatoms. The maximum atomic E-state index is 12.8. The minimum Gasteiger partial charge on any atom is -0.354 e. The molecule has 0 aliphatic carbocycles.